The number of hydrogen-bond acceptors (Lipinski definition) is 9. The van der Waals surface area contributed by atoms with E-state index >= 15 is 0 Å². The van der Waals surface area contributed by atoms with Crippen molar-refractivity contribution in [1.29, 1.82) is 0 Å². The monoisotopic (exact) mass is 454 g/mol. The van der Waals surface area contributed by atoms with Gasteiger partial charge in [-0.2, -0.15) is 0 Å². The number of imidazole rings is 1. The third kappa shape index (κ3) is 3.68. The SMILES string of the molecule is O=C(O)[C@@H](Cc1c[nH]c2ccccc12)Nc1ncnc2c1ncn2[C@@H]1O[C@H](CO)[C@H](O)C1O. The maximum absolute atomic E-state index is 12.0. The van der Waals surface area contributed by atoms with Crippen LogP contribution in [0.5, 0.6) is 0 Å². The van der Waals surface area contributed by atoms with Crippen molar-refractivity contribution in [3.63, 3.8) is 0 Å². The molecule has 5 atom stereocenters. The van der Waals surface area contributed by atoms with Gasteiger partial charge in [0.1, 0.15) is 30.7 Å². The quantitative estimate of drug-likeness (QED) is 0.223. The van der Waals surface area contributed by atoms with Gasteiger partial charge in [0.25, 0.3) is 0 Å². The van der Waals surface area contributed by atoms with Gasteiger partial charge in [0, 0.05) is 23.5 Å². The highest BCUT2D eigenvalue weighted by Crippen LogP contribution is 2.32. The summed E-state index contributed by atoms with van der Waals surface area (Å²) in [6, 6.07) is 6.63. The van der Waals surface area contributed by atoms with Gasteiger partial charge in [0.05, 0.1) is 12.9 Å². The summed E-state index contributed by atoms with van der Waals surface area (Å²) in [6.45, 7) is -0.461. The van der Waals surface area contributed by atoms with E-state index in [9.17, 15) is 25.2 Å². The Morgan fingerprint density at radius 1 is 1.21 bits per heavy atom. The van der Waals surface area contributed by atoms with Gasteiger partial charge in [-0.25, -0.2) is 19.7 Å². The first kappa shape index (κ1) is 21.3. The van der Waals surface area contributed by atoms with E-state index in [1.165, 1.54) is 17.2 Å². The van der Waals surface area contributed by atoms with Gasteiger partial charge in [0.2, 0.25) is 0 Å². The molecule has 4 heterocycles. The Balaban J connectivity index is 1.44. The van der Waals surface area contributed by atoms with Crippen LogP contribution in [0.15, 0.2) is 43.1 Å². The number of aromatic nitrogens is 5. The second-order valence-corrected chi connectivity index (χ2v) is 7.87. The smallest absolute Gasteiger partial charge is 0.326 e. The summed E-state index contributed by atoms with van der Waals surface area (Å²) in [4.78, 5) is 27.8. The zero-order valence-corrected chi connectivity index (χ0v) is 17.2. The normalized spacial score (nSPS) is 23.8. The largest absolute Gasteiger partial charge is 0.480 e. The second-order valence-electron chi connectivity index (χ2n) is 7.87. The molecule has 12 heteroatoms. The van der Waals surface area contributed by atoms with Crippen LogP contribution in [0.25, 0.3) is 22.1 Å². The number of carboxylic acids is 1. The van der Waals surface area contributed by atoms with E-state index in [2.05, 4.69) is 25.3 Å². The first-order chi connectivity index (χ1) is 16.0. The van der Waals surface area contributed by atoms with E-state index in [-0.39, 0.29) is 23.4 Å². The Kier molecular flexibility index (Phi) is 5.42. The minimum Gasteiger partial charge on any atom is -0.480 e. The van der Waals surface area contributed by atoms with Gasteiger partial charge in [-0.15, -0.1) is 0 Å². The fourth-order valence-corrected chi connectivity index (χ4v) is 4.14. The standard InChI is InChI=1S/C21H22N6O6/c28-7-14-16(29)17(30)20(33-14)27-9-25-15-18(23-8-24-19(15)27)26-13(21(31)32)5-10-6-22-12-4-2-1-3-11(10)12/h1-4,6,8-9,13-14,16-17,20,22,28-30H,5,7H2,(H,31,32)(H,23,24,26)/t13-,14-,16+,17?,20-/m1/s1. The highest BCUT2D eigenvalue weighted by Gasteiger charge is 2.44. The highest BCUT2D eigenvalue weighted by atomic mass is 16.6. The van der Waals surface area contributed by atoms with Crippen LogP contribution in [0.4, 0.5) is 5.82 Å². The number of aliphatic carboxylic acids is 1. The third-order valence-corrected chi connectivity index (χ3v) is 5.86. The van der Waals surface area contributed by atoms with Gasteiger partial charge in [-0.05, 0) is 11.6 Å². The van der Waals surface area contributed by atoms with E-state index in [1.54, 1.807) is 6.20 Å². The van der Waals surface area contributed by atoms with Crippen LogP contribution in [0, 0.1) is 0 Å². The first-order valence-electron chi connectivity index (χ1n) is 10.3. The fraction of sp³-hybridized carbons (Fsp3) is 0.333. The molecule has 1 saturated heterocycles. The number of aliphatic hydroxyl groups excluding tert-OH is 3. The van der Waals surface area contributed by atoms with Crippen molar-refractivity contribution in [1.82, 2.24) is 24.5 Å². The summed E-state index contributed by atoms with van der Waals surface area (Å²) in [6.07, 6.45) is 0.0360. The molecule has 0 radical (unpaired) electrons. The number of fused-ring (bicyclic) bond motifs is 2. The lowest BCUT2D eigenvalue weighted by atomic mass is 10.1. The van der Waals surface area contributed by atoms with E-state index in [4.69, 9.17) is 4.74 Å². The van der Waals surface area contributed by atoms with Crippen LogP contribution in [0.1, 0.15) is 11.8 Å². The predicted molar refractivity (Wildman–Crippen MR) is 115 cm³/mol. The number of carbonyl (C=O) groups is 1. The van der Waals surface area contributed by atoms with Crippen molar-refractivity contribution in [3.05, 3.63) is 48.7 Å². The molecule has 4 aromatic rings. The number of benzene rings is 1. The summed E-state index contributed by atoms with van der Waals surface area (Å²) in [5.74, 6) is -0.854. The van der Waals surface area contributed by atoms with Crippen LogP contribution >= 0.6 is 0 Å². The average Bonchev–Trinajstić information content (AvgIpc) is 3.50. The average molecular weight is 454 g/mol. The van der Waals surface area contributed by atoms with Crippen LogP contribution in [-0.2, 0) is 16.0 Å². The molecule has 1 unspecified atom stereocenters. The summed E-state index contributed by atoms with van der Waals surface area (Å²) in [5, 5.41) is 43.4. The van der Waals surface area contributed by atoms with Gasteiger partial charge in [0.15, 0.2) is 23.2 Å². The molecule has 0 aliphatic carbocycles. The number of aromatic amines is 1. The fourth-order valence-electron chi connectivity index (χ4n) is 4.14. The van der Waals surface area contributed by atoms with Crippen molar-refractivity contribution >= 4 is 33.9 Å². The number of ether oxygens (including phenoxy) is 1. The molecule has 1 aliphatic rings. The summed E-state index contributed by atoms with van der Waals surface area (Å²) in [5.41, 5.74) is 2.31. The summed E-state index contributed by atoms with van der Waals surface area (Å²) < 4.78 is 6.97. The molecule has 12 nitrogen and oxygen atoms in total. The minimum atomic E-state index is -1.31. The number of nitrogens with one attached hydrogen (secondary N) is 2. The third-order valence-electron chi connectivity index (χ3n) is 5.86. The Morgan fingerprint density at radius 2 is 2.03 bits per heavy atom. The Bertz CT molecular complexity index is 1300. The van der Waals surface area contributed by atoms with E-state index < -0.39 is 43.2 Å². The summed E-state index contributed by atoms with van der Waals surface area (Å²) in [7, 11) is 0. The maximum Gasteiger partial charge on any atom is 0.326 e. The molecule has 3 aromatic heterocycles. The number of aliphatic hydroxyl groups is 3. The van der Waals surface area contributed by atoms with Crippen LogP contribution in [-0.4, -0.2) is 81.9 Å². The first-order valence-corrected chi connectivity index (χ1v) is 10.3. The van der Waals surface area contributed by atoms with Crippen molar-refractivity contribution in [2.24, 2.45) is 0 Å². The number of rotatable bonds is 7. The van der Waals surface area contributed by atoms with Gasteiger partial charge < -0.3 is 35.5 Å². The molecule has 0 bridgehead atoms. The van der Waals surface area contributed by atoms with Gasteiger partial charge >= 0.3 is 5.97 Å². The van der Waals surface area contributed by atoms with Crippen molar-refractivity contribution in [2.45, 2.75) is 37.0 Å². The molecule has 6 N–H and O–H groups in total. The van der Waals surface area contributed by atoms with Gasteiger partial charge in [-0.3, -0.25) is 4.57 Å². The predicted octanol–water partition coefficient (Wildman–Crippen LogP) is 0.0269. The van der Waals surface area contributed by atoms with Crippen molar-refractivity contribution in [3.8, 4) is 0 Å². The summed E-state index contributed by atoms with van der Waals surface area (Å²) >= 11 is 0. The van der Waals surface area contributed by atoms with E-state index in [0.29, 0.717) is 0 Å². The van der Waals surface area contributed by atoms with E-state index in [0.717, 1.165) is 16.5 Å². The van der Waals surface area contributed by atoms with E-state index in [1.807, 2.05) is 24.3 Å². The zero-order valence-electron chi connectivity index (χ0n) is 17.2. The molecule has 1 aromatic carbocycles. The van der Waals surface area contributed by atoms with Gasteiger partial charge in [-0.1, -0.05) is 18.2 Å². The number of carboxylic acid groups (broad SMARTS) is 1. The number of hydrogen-bond donors (Lipinski definition) is 6. The molecule has 0 saturated carbocycles. The Labute approximate surface area is 186 Å². The highest BCUT2D eigenvalue weighted by molar-refractivity contribution is 5.88. The van der Waals surface area contributed by atoms with Crippen LogP contribution in [0.3, 0.4) is 0 Å². The molecule has 172 valence electrons. The molecule has 33 heavy (non-hydrogen) atoms. The molecule has 5 rings (SSSR count). The topological polar surface area (TPSA) is 179 Å². The molecule has 1 aliphatic heterocycles. The van der Waals surface area contributed by atoms with Crippen LogP contribution < -0.4 is 5.32 Å². The number of nitrogens with zero attached hydrogens (tertiary/aromatic N) is 4. The molecule has 1 fully saturated rings. The molecule has 0 amide bonds. The maximum atomic E-state index is 12.0. The zero-order chi connectivity index (χ0) is 23.1. The minimum absolute atomic E-state index is 0.195. The van der Waals surface area contributed by atoms with Crippen LogP contribution in [0.2, 0.25) is 0 Å². The Hall–Kier alpha value is -3.58. The molecular weight excluding hydrogens is 432 g/mol. The van der Waals surface area contributed by atoms with Crippen molar-refractivity contribution < 1.29 is 30.0 Å². The Morgan fingerprint density at radius 3 is 2.79 bits per heavy atom. The number of H-pyrrole nitrogens is 1. The molecule has 0 spiro atoms. The second kappa shape index (κ2) is 8.41. The lowest BCUT2D eigenvalue weighted by Crippen LogP contribution is -2.33. The number of para-hydroxylation sites is 1. The molecular formula is C21H22N6O6. The van der Waals surface area contributed by atoms with Crippen molar-refractivity contribution in [2.75, 3.05) is 11.9 Å². The number of anilines is 1. The lowest BCUT2D eigenvalue weighted by Gasteiger charge is -2.17. The lowest BCUT2D eigenvalue weighted by molar-refractivity contribution is -0.137.